The van der Waals surface area contributed by atoms with Crippen molar-refractivity contribution in [2.75, 3.05) is 31.9 Å². The van der Waals surface area contributed by atoms with E-state index in [9.17, 15) is 13.2 Å². The number of ether oxygens (including phenoxy) is 1. The summed E-state index contributed by atoms with van der Waals surface area (Å²) < 4.78 is 32.1. The zero-order chi connectivity index (χ0) is 22.1. The summed E-state index contributed by atoms with van der Waals surface area (Å²) in [7, 11) is -3.31. The smallest absolute Gasteiger partial charge is 0.408 e. The van der Waals surface area contributed by atoms with E-state index < -0.39 is 27.3 Å². The van der Waals surface area contributed by atoms with Gasteiger partial charge in [-0.2, -0.15) is 0 Å². The minimum atomic E-state index is -3.31. The van der Waals surface area contributed by atoms with Crippen LogP contribution in [0.4, 0.5) is 4.79 Å². The zero-order valence-electron chi connectivity index (χ0n) is 19.1. The molecule has 1 saturated carbocycles. The molecule has 0 aromatic carbocycles. The number of hydrogen-bond acceptors (Lipinski definition) is 5. The van der Waals surface area contributed by atoms with Gasteiger partial charge in [0.25, 0.3) is 0 Å². The number of hydrogen-bond donors (Lipinski definition) is 4. The molecule has 0 heterocycles. The number of nitrogens with zero attached hydrogens (tertiary/aromatic N) is 1. The minimum absolute atomic E-state index is 0. The molecule has 11 heteroatoms. The average Bonchev–Trinajstić information content (AvgIpc) is 2.48. The van der Waals surface area contributed by atoms with Gasteiger partial charge in [-0.3, -0.25) is 4.99 Å². The standard InChI is InChI=1S/C19H39N5O4S.HI/c1-7-20-16(21-11-12-29(26,27)23-13-15-9-8-10-15)22-14-19(5,6)24-17(25)28-18(2,3)4;/h15,23H,7-14H2,1-6H3,(H,24,25)(H2,20,21,22);1H. The molecule has 30 heavy (non-hydrogen) atoms. The van der Waals surface area contributed by atoms with Gasteiger partial charge in [-0.15, -0.1) is 24.0 Å². The first-order chi connectivity index (χ1) is 13.3. The highest BCUT2D eigenvalue weighted by Crippen LogP contribution is 2.25. The van der Waals surface area contributed by atoms with E-state index in [2.05, 4.69) is 25.7 Å². The van der Waals surface area contributed by atoms with Gasteiger partial charge in [-0.1, -0.05) is 6.42 Å². The van der Waals surface area contributed by atoms with Gasteiger partial charge in [0.2, 0.25) is 10.0 Å². The Kier molecular flexibility index (Phi) is 12.5. The Hall–Kier alpha value is -0.820. The molecule has 0 bridgehead atoms. The molecule has 0 atom stereocenters. The Morgan fingerprint density at radius 2 is 1.77 bits per heavy atom. The predicted molar refractivity (Wildman–Crippen MR) is 132 cm³/mol. The maximum atomic E-state index is 12.1. The fourth-order valence-electron chi connectivity index (χ4n) is 2.56. The first kappa shape index (κ1) is 29.2. The van der Waals surface area contributed by atoms with Crippen molar-refractivity contribution in [2.24, 2.45) is 10.9 Å². The van der Waals surface area contributed by atoms with E-state index in [-0.39, 0.29) is 36.3 Å². The van der Waals surface area contributed by atoms with Crippen LogP contribution in [0.3, 0.4) is 0 Å². The van der Waals surface area contributed by atoms with Crippen molar-refractivity contribution in [1.82, 2.24) is 20.7 Å². The fraction of sp³-hybridized carbons (Fsp3) is 0.895. The minimum Gasteiger partial charge on any atom is -0.444 e. The lowest BCUT2D eigenvalue weighted by Crippen LogP contribution is -2.49. The SMILES string of the molecule is CCNC(=NCC(C)(C)NC(=O)OC(C)(C)C)NCCS(=O)(=O)NCC1CCC1.I. The third-order valence-corrected chi connectivity index (χ3v) is 5.64. The lowest BCUT2D eigenvalue weighted by atomic mass is 9.86. The average molecular weight is 562 g/mol. The molecule has 4 N–H and O–H groups in total. The van der Waals surface area contributed by atoms with Gasteiger partial charge in [0.05, 0.1) is 17.8 Å². The topological polar surface area (TPSA) is 121 Å². The van der Waals surface area contributed by atoms with E-state index in [0.29, 0.717) is 31.5 Å². The Balaban J connectivity index is 0.00000841. The second-order valence-electron chi connectivity index (χ2n) is 9.10. The molecule has 0 aromatic rings. The lowest BCUT2D eigenvalue weighted by molar-refractivity contribution is 0.0476. The predicted octanol–water partition coefficient (Wildman–Crippen LogP) is 2.18. The number of sulfonamides is 1. The molecule has 1 aliphatic carbocycles. The number of aliphatic imine (C=N–C) groups is 1. The third-order valence-electron chi connectivity index (χ3n) is 4.30. The highest BCUT2D eigenvalue weighted by molar-refractivity contribution is 14.0. The van der Waals surface area contributed by atoms with Crippen LogP contribution in [-0.2, 0) is 14.8 Å². The van der Waals surface area contributed by atoms with E-state index in [4.69, 9.17) is 4.74 Å². The van der Waals surface area contributed by atoms with Gasteiger partial charge >= 0.3 is 6.09 Å². The number of rotatable bonds is 10. The molecule has 0 aliphatic heterocycles. The van der Waals surface area contributed by atoms with E-state index in [1.54, 1.807) is 20.8 Å². The van der Waals surface area contributed by atoms with Crippen LogP contribution >= 0.6 is 24.0 Å². The van der Waals surface area contributed by atoms with Gasteiger partial charge in [-0.05, 0) is 60.3 Å². The van der Waals surface area contributed by atoms with E-state index >= 15 is 0 Å². The monoisotopic (exact) mass is 561 g/mol. The summed E-state index contributed by atoms with van der Waals surface area (Å²) in [6, 6.07) is 0. The maximum absolute atomic E-state index is 12.1. The number of carbonyl (C=O) groups excluding carboxylic acids is 1. The van der Waals surface area contributed by atoms with Crippen LogP contribution in [0.25, 0.3) is 0 Å². The van der Waals surface area contributed by atoms with Crippen LogP contribution in [-0.4, -0.2) is 63.5 Å². The second-order valence-corrected chi connectivity index (χ2v) is 11.0. The van der Waals surface area contributed by atoms with E-state index in [1.165, 1.54) is 6.42 Å². The quantitative estimate of drug-likeness (QED) is 0.184. The normalized spacial score (nSPS) is 15.6. The highest BCUT2D eigenvalue weighted by Gasteiger charge is 2.24. The largest absolute Gasteiger partial charge is 0.444 e. The van der Waals surface area contributed by atoms with Crippen LogP contribution in [0.15, 0.2) is 4.99 Å². The molecule has 0 unspecified atom stereocenters. The molecular formula is C19H40IN5O4S. The van der Waals surface area contributed by atoms with Crippen molar-refractivity contribution in [1.29, 1.82) is 0 Å². The molecule has 1 fully saturated rings. The number of amides is 1. The maximum Gasteiger partial charge on any atom is 0.408 e. The summed E-state index contributed by atoms with van der Waals surface area (Å²) in [5.74, 6) is 0.959. The number of nitrogens with one attached hydrogen (secondary N) is 4. The van der Waals surface area contributed by atoms with Gasteiger partial charge < -0.3 is 20.7 Å². The number of guanidine groups is 1. The Labute approximate surface area is 199 Å². The van der Waals surface area contributed by atoms with Crippen molar-refractivity contribution in [3.05, 3.63) is 0 Å². The number of halogens is 1. The second kappa shape index (κ2) is 12.9. The molecule has 0 aromatic heterocycles. The summed E-state index contributed by atoms with van der Waals surface area (Å²) in [5.41, 5.74) is -1.20. The van der Waals surface area contributed by atoms with Crippen molar-refractivity contribution in [3.8, 4) is 0 Å². The van der Waals surface area contributed by atoms with E-state index in [1.807, 2.05) is 20.8 Å². The third kappa shape index (κ3) is 13.5. The molecular weight excluding hydrogens is 521 g/mol. The van der Waals surface area contributed by atoms with Crippen molar-refractivity contribution >= 4 is 46.1 Å². The van der Waals surface area contributed by atoms with Gasteiger partial charge in [-0.25, -0.2) is 17.9 Å². The zero-order valence-corrected chi connectivity index (χ0v) is 22.3. The fourth-order valence-corrected chi connectivity index (χ4v) is 3.56. The van der Waals surface area contributed by atoms with Gasteiger partial charge in [0.15, 0.2) is 5.96 Å². The summed E-state index contributed by atoms with van der Waals surface area (Å²) >= 11 is 0. The Bertz CT molecular complexity index is 658. The van der Waals surface area contributed by atoms with Crippen LogP contribution in [0.5, 0.6) is 0 Å². The molecule has 1 amide bonds. The molecule has 1 aliphatic rings. The summed E-state index contributed by atoms with van der Waals surface area (Å²) in [6.07, 6.45) is 2.89. The number of carbonyl (C=O) groups is 1. The highest BCUT2D eigenvalue weighted by atomic mass is 127. The molecule has 0 radical (unpaired) electrons. The van der Waals surface area contributed by atoms with Crippen molar-refractivity contribution in [2.45, 2.75) is 71.9 Å². The molecule has 1 rings (SSSR count). The lowest BCUT2D eigenvalue weighted by Gasteiger charge is -2.27. The van der Waals surface area contributed by atoms with Gasteiger partial charge in [0.1, 0.15) is 5.60 Å². The number of alkyl carbamates (subject to hydrolysis) is 1. The first-order valence-electron chi connectivity index (χ1n) is 10.3. The molecule has 178 valence electrons. The van der Waals surface area contributed by atoms with Crippen LogP contribution < -0.4 is 20.7 Å². The van der Waals surface area contributed by atoms with Crippen LogP contribution in [0, 0.1) is 5.92 Å². The summed E-state index contributed by atoms with van der Waals surface area (Å²) in [5, 5.41) is 8.91. The van der Waals surface area contributed by atoms with E-state index in [0.717, 1.165) is 12.8 Å². The molecule has 0 spiro atoms. The van der Waals surface area contributed by atoms with Crippen LogP contribution in [0.2, 0.25) is 0 Å². The van der Waals surface area contributed by atoms with Crippen LogP contribution in [0.1, 0.15) is 60.8 Å². The van der Waals surface area contributed by atoms with Crippen molar-refractivity contribution < 1.29 is 17.9 Å². The summed E-state index contributed by atoms with van der Waals surface area (Å²) in [4.78, 5) is 16.4. The Morgan fingerprint density at radius 1 is 1.13 bits per heavy atom. The molecule has 0 saturated heterocycles. The van der Waals surface area contributed by atoms with Gasteiger partial charge in [0, 0.05) is 19.6 Å². The summed E-state index contributed by atoms with van der Waals surface area (Å²) in [6.45, 7) is 12.7. The molecule has 9 nitrogen and oxygen atoms in total. The first-order valence-corrected chi connectivity index (χ1v) is 12.0. The van der Waals surface area contributed by atoms with Crippen molar-refractivity contribution in [3.63, 3.8) is 0 Å². The Morgan fingerprint density at radius 3 is 2.27 bits per heavy atom.